The van der Waals surface area contributed by atoms with Crippen LogP contribution in [0.2, 0.25) is 0 Å². The number of rotatable bonds is 10. The zero-order chi connectivity index (χ0) is 19.7. The predicted octanol–water partition coefficient (Wildman–Crippen LogP) is 2.97. The van der Waals surface area contributed by atoms with E-state index < -0.39 is 12.2 Å². The summed E-state index contributed by atoms with van der Waals surface area (Å²) < 4.78 is 11.3. The van der Waals surface area contributed by atoms with Crippen molar-refractivity contribution < 1.29 is 19.7 Å². The number of hydrogen-bond acceptors (Lipinski definition) is 5. The topological polar surface area (TPSA) is 62.2 Å². The maximum atomic E-state index is 10.4. The lowest BCUT2D eigenvalue weighted by molar-refractivity contribution is -0.00438. The SMILES string of the molecule is CC(C)(C)N(CC(O)COc1ccccc1)CC(O)COc1ccccc1. The standard InChI is InChI=1S/C22H31NO4/c1-22(2,3)23(14-18(24)16-26-20-10-6-4-7-11-20)15-19(25)17-27-21-12-8-5-9-13-21/h4-13,18-19,24-25H,14-17H2,1-3H3. The second-order valence-corrected chi connectivity index (χ2v) is 7.63. The number of aliphatic hydroxyl groups excluding tert-OH is 2. The summed E-state index contributed by atoms with van der Waals surface area (Å²) in [6, 6.07) is 18.9. The van der Waals surface area contributed by atoms with E-state index in [1.807, 2.05) is 65.6 Å². The van der Waals surface area contributed by atoms with Crippen LogP contribution in [0.4, 0.5) is 0 Å². The van der Waals surface area contributed by atoms with E-state index in [0.29, 0.717) is 13.1 Å². The van der Waals surface area contributed by atoms with Gasteiger partial charge < -0.3 is 19.7 Å². The molecule has 2 unspecified atom stereocenters. The first-order valence-corrected chi connectivity index (χ1v) is 9.31. The summed E-state index contributed by atoms with van der Waals surface area (Å²) in [6.45, 7) is 7.38. The molecule has 0 aromatic heterocycles. The van der Waals surface area contributed by atoms with Crippen molar-refractivity contribution in [2.75, 3.05) is 26.3 Å². The van der Waals surface area contributed by atoms with Gasteiger partial charge in [-0.1, -0.05) is 36.4 Å². The van der Waals surface area contributed by atoms with Crippen LogP contribution >= 0.6 is 0 Å². The fourth-order valence-corrected chi connectivity index (χ4v) is 2.65. The minimum atomic E-state index is -0.660. The second-order valence-electron chi connectivity index (χ2n) is 7.63. The summed E-state index contributed by atoms with van der Waals surface area (Å²) in [5.74, 6) is 1.46. The molecular formula is C22H31NO4. The number of para-hydroxylation sites is 2. The molecule has 0 spiro atoms. The Hall–Kier alpha value is -2.08. The first-order valence-electron chi connectivity index (χ1n) is 9.31. The summed E-state index contributed by atoms with van der Waals surface area (Å²) in [6.07, 6.45) is -1.32. The van der Waals surface area contributed by atoms with Gasteiger partial charge in [0.25, 0.3) is 0 Å². The van der Waals surface area contributed by atoms with E-state index in [9.17, 15) is 10.2 Å². The second kappa shape index (κ2) is 10.3. The summed E-state index contributed by atoms with van der Waals surface area (Å²) in [5, 5.41) is 20.8. The van der Waals surface area contributed by atoms with Gasteiger partial charge in [-0.3, -0.25) is 4.90 Å². The minimum Gasteiger partial charge on any atom is -0.491 e. The van der Waals surface area contributed by atoms with Gasteiger partial charge in [0, 0.05) is 18.6 Å². The lowest BCUT2D eigenvalue weighted by atomic mass is 10.0. The highest BCUT2D eigenvalue weighted by Crippen LogP contribution is 2.16. The highest BCUT2D eigenvalue weighted by atomic mass is 16.5. The molecule has 5 heteroatoms. The highest BCUT2D eigenvalue weighted by Gasteiger charge is 2.26. The van der Waals surface area contributed by atoms with Crippen LogP contribution in [0.25, 0.3) is 0 Å². The van der Waals surface area contributed by atoms with E-state index in [2.05, 4.69) is 20.8 Å². The summed E-state index contributed by atoms with van der Waals surface area (Å²) in [5.41, 5.74) is -0.207. The molecule has 0 amide bonds. The van der Waals surface area contributed by atoms with Crippen LogP contribution < -0.4 is 9.47 Å². The van der Waals surface area contributed by atoms with Crippen LogP contribution in [0.5, 0.6) is 11.5 Å². The summed E-state index contributed by atoms with van der Waals surface area (Å²) >= 11 is 0. The molecule has 2 aromatic carbocycles. The van der Waals surface area contributed by atoms with Crippen molar-refractivity contribution in [2.24, 2.45) is 0 Å². The van der Waals surface area contributed by atoms with Crippen LogP contribution in [-0.4, -0.2) is 59.2 Å². The number of ether oxygens (including phenoxy) is 2. The molecule has 5 nitrogen and oxygen atoms in total. The van der Waals surface area contributed by atoms with Gasteiger partial charge >= 0.3 is 0 Å². The number of β-amino-alcohol motifs (C(OH)–C–C–N with tert-alkyl or cyclic N) is 2. The third-order valence-corrected chi connectivity index (χ3v) is 4.18. The number of nitrogens with zero attached hydrogens (tertiary/aromatic N) is 1. The van der Waals surface area contributed by atoms with E-state index in [1.54, 1.807) is 0 Å². The van der Waals surface area contributed by atoms with Crippen molar-refractivity contribution in [3.05, 3.63) is 60.7 Å². The number of hydrogen-bond donors (Lipinski definition) is 2. The predicted molar refractivity (Wildman–Crippen MR) is 107 cm³/mol. The molecule has 27 heavy (non-hydrogen) atoms. The monoisotopic (exact) mass is 373 g/mol. The van der Waals surface area contributed by atoms with E-state index in [1.165, 1.54) is 0 Å². The van der Waals surface area contributed by atoms with Crippen LogP contribution in [0.1, 0.15) is 20.8 Å². The fraction of sp³-hybridized carbons (Fsp3) is 0.455. The van der Waals surface area contributed by atoms with Gasteiger partial charge in [0.1, 0.15) is 36.9 Å². The lowest BCUT2D eigenvalue weighted by Crippen LogP contribution is -2.50. The van der Waals surface area contributed by atoms with Crippen LogP contribution in [0, 0.1) is 0 Å². The smallest absolute Gasteiger partial charge is 0.119 e. The lowest BCUT2D eigenvalue weighted by Gasteiger charge is -2.38. The van der Waals surface area contributed by atoms with E-state index in [4.69, 9.17) is 9.47 Å². The molecule has 0 radical (unpaired) electrons. The molecule has 2 atom stereocenters. The Balaban J connectivity index is 1.82. The first kappa shape index (κ1) is 21.2. The van der Waals surface area contributed by atoms with Crippen molar-refractivity contribution in [1.82, 2.24) is 4.90 Å². The average molecular weight is 373 g/mol. The van der Waals surface area contributed by atoms with E-state index in [0.717, 1.165) is 11.5 Å². The third kappa shape index (κ3) is 7.99. The Kier molecular flexibility index (Phi) is 8.10. The largest absolute Gasteiger partial charge is 0.491 e. The quantitative estimate of drug-likeness (QED) is 0.670. The van der Waals surface area contributed by atoms with E-state index in [-0.39, 0.29) is 18.8 Å². The van der Waals surface area contributed by atoms with E-state index >= 15 is 0 Å². The number of aliphatic hydroxyl groups is 2. The molecule has 0 saturated heterocycles. The molecule has 0 aliphatic heterocycles. The zero-order valence-corrected chi connectivity index (χ0v) is 16.4. The third-order valence-electron chi connectivity index (χ3n) is 4.18. The molecule has 148 valence electrons. The molecule has 0 bridgehead atoms. The molecule has 0 saturated carbocycles. The van der Waals surface area contributed by atoms with Crippen molar-refractivity contribution in [1.29, 1.82) is 0 Å². The van der Waals surface area contributed by atoms with Crippen LogP contribution in [0.3, 0.4) is 0 Å². The minimum absolute atomic E-state index is 0.202. The maximum absolute atomic E-state index is 10.4. The Bertz CT molecular complexity index is 591. The van der Waals surface area contributed by atoms with Crippen molar-refractivity contribution in [2.45, 2.75) is 38.5 Å². The molecule has 2 N–H and O–H groups in total. The van der Waals surface area contributed by atoms with Gasteiger partial charge in [0.2, 0.25) is 0 Å². The fourth-order valence-electron chi connectivity index (χ4n) is 2.65. The normalized spacial score (nSPS) is 14.0. The van der Waals surface area contributed by atoms with Gasteiger partial charge in [-0.25, -0.2) is 0 Å². The van der Waals surface area contributed by atoms with Gasteiger partial charge in [-0.15, -0.1) is 0 Å². The van der Waals surface area contributed by atoms with Gasteiger partial charge in [-0.05, 0) is 45.0 Å². The molecule has 0 fully saturated rings. The summed E-state index contributed by atoms with van der Waals surface area (Å²) in [4.78, 5) is 2.05. The Labute approximate surface area is 162 Å². The molecule has 0 heterocycles. The average Bonchev–Trinajstić information content (AvgIpc) is 2.65. The van der Waals surface area contributed by atoms with Crippen molar-refractivity contribution >= 4 is 0 Å². The zero-order valence-electron chi connectivity index (χ0n) is 16.4. The Morgan fingerprint density at radius 3 is 1.44 bits per heavy atom. The van der Waals surface area contributed by atoms with Crippen LogP contribution in [-0.2, 0) is 0 Å². The number of benzene rings is 2. The molecule has 2 rings (SSSR count). The molecular weight excluding hydrogens is 342 g/mol. The van der Waals surface area contributed by atoms with Gasteiger partial charge in [0.15, 0.2) is 0 Å². The Morgan fingerprint density at radius 1 is 0.741 bits per heavy atom. The highest BCUT2D eigenvalue weighted by molar-refractivity contribution is 5.21. The van der Waals surface area contributed by atoms with Crippen molar-refractivity contribution in [3.63, 3.8) is 0 Å². The Morgan fingerprint density at radius 2 is 1.11 bits per heavy atom. The molecule has 0 aliphatic rings. The first-order chi connectivity index (χ1) is 12.8. The van der Waals surface area contributed by atoms with Crippen LogP contribution in [0.15, 0.2) is 60.7 Å². The summed E-state index contributed by atoms with van der Waals surface area (Å²) in [7, 11) is 0. The maximum Gasteiger partial charge on any atom is 0.119 e. The van der Waals surface area contributed by atoms with Gasteiger partial charge in [0.05, 0.1) is 0 Å². The van der Waals surface area contributed by atoms with Crippen molar-refractivity contribution in [3.8, 4) is 11.5 Å². The van der Waals surface area contributed by atoms with Gasteiger partial charge in [-0.2, -0.15) is 0 Å². The molecule has 2 aromatic rings. The molecule has 0 aliphatic carbocycles.